The van der Waals surface area contributed by atoms with Crippen LogP contribution >= 0.6 is 0 Å². The molecule has 2 nitrogen and oxygen atoms in total. The first-order chi connectivity index (χ1) is 6.31. The van der Waals surface area contributed by atoms with E-state index >= 15 is 0 Å². The summed E-state index contributed by atoms with van der Waals surface area (Å²) < 4.78 is 5.17. The highest BCUT2D eigenvalue weighted by atomic mass is 16.5. The van der Waals surface area contributed by atoms with Gasteiger partial charge < -0.3 is 4.74 Å². The lowest BCUT2D eigenvalue weighted by Gasteiger charge is -2.14. The van der Waals surface area contributed by atoms with E-state index in [1.807, 2.05) is 6.07 Å². The van der Waals surface area contributed by atoms with Crippen LogP contribution in [0.1, 0.15) is 18.1 Å². The van der Waals surface area contributed by atoms with Crippen molar-refractivity contribution in [2.75, 3.05) is 13.7 Å². The summed E-state index contributed by atoms with van der Waals surface area (Å²) in [7, 11) is 1.69. The third-order valence-corrected chi connectivity index (χ3v) is 2.44. The van der Waals surface area contributed by atoms with Crippen LogP contribution in [0.5, 0.6) is 5.75 Å². The summed E-state index contributed by atoms with van der Waals surface area (Å²) in [6.07, 6.45) is 1.05. The zero-order valence-electron chi connectivity index (χ0n) is 8.00. The van der Waals surface area contributed by atoms with Gasteiger partial charge >= 0.3 is 0 Å². The molecule has 0 atom stereocenters. The predicted octanol–water partition coefficient (Wildman–Crippen LogP) is 2.06. The van der Waals surface area contributed by atoms with Crippen molar-refractivity contribution < 1.29 is 4.74 Å². The molecule has 1 aromatic carbocycles. The van der Waals surface area contributed by atoms with E-state index < -0.39 is 0 Å². The van der Waals surface area contributed by atoms with Crippen LogP contribution in [0.4, 0.5) is 0 Å². The molecule has 0 aliphatic carbocycles. The van der Waals surface area contributed by atoms with Gasteiger partial charge in [-0.05, 0) is 31.0 Å². The number of fused-ring (bicyclic) bond motifs is 1. The van der Waals surface area contributed by atoms with E-state index in [0.717, 1.165) is 24.4 Å². The second-order valence-corrected chi connectivity index (χ2v) is 3.24. The van der Waals surface area contributed by atoms with Gasteiger partial charge in [-0.1, -0.05) is 6.07 Å². The summed E-state index contributed by atoms with van der Waals surface area (Å²) in [6.45, 7) is 2.97. The Kier molecular flexibility index (Phi) is 2.05. The van der Waals surface area contributed by atoms with Gasteiger partial charge in [0.1, 0.15) is 5.75 Å². The number of ether oxygens (including phenoxy) is 1. The maximum Gasteiger partial charge on any atom is 0.119 e. The molecule has 0 bridgehead atoms. The highest BCUT2D eigenvalue weighted by molar-refractivity contribution is 6.01. The van der Waals surface area contributed by atoms with Crippen LogP contribution in [0.3, 0.4) is 0 Å². The van der Waals surface area contributed by atoms with Gasteiger partial charge in [-0.25, -0.2) is 0 Å². The van der Waals surface area contributed by atoms with Gasteiger partial charge in [0, 0.05) is 17.8 Å². The fourth-order valence-electron chi connectivity index (χ4n) is 1.67. The van der Waals surface area contributed by atoms with Crippen LogP contribution in [-0.2, 0) is 6.42 Å². The summed E-state index contributed by atoms with van der Waals surface area (Å²) in [5.41, 5.74) is 3.75. The van der Waals surface area contributed by atoms with Crippen molar-refractivity contribution in [3.05, 3.63) is 29.3 Å². The van der Waals surface area contributed by atoms with Gasteiger partial charge in [-0.2, -0.15) is 0 Å². The van der Waals surface area contributed by atoms with Crippen molar-refractivity contribution in [1.82, 2.24) is 0 Å². The Labute approximate surface area is 78.3 Å². The smallest absolute Gasteiger partial charge is 0.119 e. The molecule has 1 aliphatic heterocycles. The van der Waals surface area contributed by atoms with Gasteiger partial charge in [0.15, 0.2) is 0 Å². The largest absolute Gasteiger partial charge is 0.497 e. The minimum absolute atomic E-state index is 0.912. The van der Waals surface area contributed by atoms with Crippen molar-refractivity contribution in [2.24, 2.45) is 4.99 Å². The number of hydrogen-bond donors (Lipinski definition) is 0. The minimum Gasteiger partial charge on any atom is -0.497 e. The lowest BCUT2D eigenvalue weighted by molar-refractivity contribution is 0.414. The van der Waals surface area contributed by atoms with E-state index in [-0.39, 0.29) is 0 Å². The lowest BCUT2D eigenvalue weighted by atomic mass is 9.98. The molecule has 0 aromatic heterocycles. The summed E-state index contributed by atoms with van der Waals surface area (Å²) in [5.74, 6) is 0.912. The van der Waals surface area contributed by atoms with Crippen LogP contribution in [0.15, 0.2) is 23.2 Å². The van der Waals surface area contributed by atoms with Crippen molar-refractivity contribution >= 4 is 5.71 Å². The average Bonchev–Trinajstić information content (AvgIpc) is 2.18. The third-order valence-electron chi connectivity index (χ3n) is 2.44. The number of nitrogens with zero attached hydrogens (tertiary/aromatic N) is 1. The van der Waals surface area contributed by atoms with Crippen LogP contribution in [0, 0.1) is 0 Å². The van der Waals surface area contributed by atoms with E-state index in [2.05, 4.69) is 24.0 Å². The molecule has 0 saturated heterocycles. The number of benzene rings is 1. The molecule has 1 aliphatic rings. The van der Waals surface area contributed by atoms with E-state index in [1.54, 1.807) is 7.11 Å². The molecule has 0 spiro atoms. The molecule has 0 fully saturated rings. The second-order valence-electron chi connectivity index (χ2n) is 3.24. The maximum absolute atomic E-state index is 5.17. The quantitative estimate of drug-likeness (QED) is 0.640. The minimum atomic E-state index is 0.912. The van der Waals surface area contributed by atoms with Gasteiger partial charge in [-0.3, -0.25) is 4.99 Å². The number of methoxy groups -OCH3 is 1. The zero-order chi connectivity index (χ0) is 9.26. The van der Waals surface area contributed by atoms with E-state index in [1.165, 1.54) is 11.1 Å². The maximum atomic E-state index is 5.17. The first-order valence-electron chi connectivity index (χ1n) is 4.49. The van der Waals surface area contributed by atoms with Gasteiger partial charge in [0.2, 0.25) is 0 Å². The fourth-order valence-corrected chi connectivity index (χ4v) is 1.67. The molecule has 0 N–H and O–H groups in total. The highest BCUT2D eigenvalue weighted by Crippen LogP contribution is 2.21. The Morgan fingerprint density at radius 1 is 1.38 bits per heavy atom. The van der Waals surface area contributed by atoms with Crippen LogP contribution < -0.4 is 4.74 Å². The summed E-state index contributed by atoms with van der Waals surface area (Å²) in [4.78, 5) is 4.41. The van der Waals surface area contributed by atoms with E-state index in [9.17, 15) is 0 Å². The van der Waals surface area contributed by atoms with Crippen LogP contribution in [0.2, 0.25) is 0 Å². The molecular weight excluding hydrogens is 162 g/mol. The first-order valence-corrected chi connectivity index (χ1v) is 4.49. The molecule has 68 valence electrons. The summed E-state index contributed by atoms with van der Waals surface area (Å²) >= 11 is 0. The van der Waals surface area contributed by atoms with Crippen LogP contribution in [0.25, 0.3) is 0 Å². The Morgan fingerprint density at radius 3 is 3.00 bits per heavy atom. The monoisotopic (exact) mass is 175 g/mol. The van der Waals surface area contributed by atoms with Crippen molar-refractivity contribution in [3.8, 4) is 5.75 Å². The first kappa shape index (κ1) is 8.30. The van der Waals surface area contributed by atoms with Gasteiger partial charge in [-0.15, -0.1) is 0 Å². The molecule has 1 aromatic rings. The summed E-state index contributed by atoms with van der Waals surface area (Å²) in [5, 5.41) is 0. The molecule has 2 heteroatoms. The molecule has 1 heterocycles. The fraction of sp³-hybridized carbons (Fsp3) is 0.364. The molecule has 0 saturated carbocycles. The Bertz CT molecular complexity index is 355. The van der Waals surface area contributed by atoms with Crippen molar-refractivity contribution in [2.45, 2.75) is 13.3 Å². The van der Waals surface area contributed by atoms with Gasteiger partial charge in [0.25, 0.3) is 0 Å². The standard InChI is InChI=1S/C11H13NO/c1-8-11-7-10(13-2)4-3-9(11)5-6-12-8/h3-4,7H,5-6H2,1-2H3. The van der Waals surface area contributed by atoms with E-state index in [4.69, 9.17) is 4.74 Å². The average molecular weight is 175 g/mol. The Morgan fingerprint density at radius 2 is 2.23 bits per heavy atom. The SMILES string of the molecule is COc1ccc2c(c1)C(C)=NCC2. The zero-order valence-corrected chi connectivity index (χ0v) is 8.00. The number of aliphatic imine (C=N–C) groups is 1. The molecule has 0 radical (unpaired) electrons. The summed E-state index contributed by atoms with van der Waals surface area (Å²) in [6, 6.07) is 6.21. The normalized spacial score (nSPS) is 14.8. The third kappa shape index (κ3) is 1.44. The molecule has 13 heavy (non-hydrogen) atoms. The predicted molar refractivity (Wildman–Crippen MR) is 53.8 cm³/mol. The lowest BCUT2D eigenvalue weighted by Crippen LogP contribution is -2.09. The molecule has 0 amide bonds. The van der Waals surface area contributed by atoms with Gasteiger partial charge in [0.05, 0.1) is 7.11 Å². The molecule has 2 rings (SSSR count). The molecular formula is C11H13NO. The number of rotatable bonds is 1. The Hall–Kier alpha value is -1.31. The van der Waals surface area contributed by atoms with Crippen molar-refractivity contribution in [3.63, 3.8) is 0 Å². The van der Waals surface area contributed by atoms with Crippen molar-refractivity contribution in [1.29, 1.82) is 0 Å². The second kappa shape index (κ2) is 3.21. The highest BCUT2D eigenvalue weighted by Gasteiger charge is 2.10. The Balaban J connectivity index is 2.50. The topological polar surface area (TPSA) is 21.6 Å². The molecule has 0 unspecified atom stereocenters. The van der Waals surface area contributed by atoms with E-state index in [0.29, 0.717) is 0 Å². The number of hydrogen-bond acceptors (Lipinski definition) is 2. The van der Waals surface area contributed by atoms with Crippen LogP contribution in [-0.4, -0.2) is 19.4 Å².